The summed E-state index contributed by atoms with van der Waals surface area (Å²) in [6, 6.07) is 6.54. The summed E-state index contributed by atoms with van der Waals surface area (Å²) < 4.78 is 22.3. The van der Waals surface area contributed by atoms with E-state index in [0.29, 0.717) is 31.6 Å². The van der Waals surface area contributed by atoms with Gasteiger partial charge in [-0.15, -0.1) is 0 Å². The largest absolute Gasteiger partial charge is 0.377 e. The maximum atomic E-state index is 14.7. The van der Waals surface area contributed by atoms with Crippen molar-refractivity contribution in [2.24, 2.45) is 0 Å². The molecule has 0 radical (unpaired) electrons. The Balaban J connectivity index is 1.57. The molecule has 2 fully saturated rings. The molecule has 3 atom stereocenters. The molecule has 0 amide bonds. The van der Waals surface area contributed by atoms with E-state index < -0.39 is 6.17 Å². The number of nitrogens with one attached hydrogen (secondary N) is 1. The first-order chi connectivity index (χ1) is 15.5. The zero-order chi connectivity index (χ0) is 22.2. The summed E-state index contributed by atoms with van der Waals surface area (Å²) in [7, 11) is 0. The molecule has 0 bridgehead atoms. The fraction of sp³-hybridized carbons (Fsp3) is 0.542. The Bertz CT molecular complexity index is 1120. The number of fused-ring (bicyclic) bond motifs is 1. The molecule has 1 N–H and O–H groups in total. The molecule has 0 saturated carbocycles. The fourth-order valence-corrected chi connectivity index (χ4v) is 5.04. The highest BCUT2D eigenvalue weighted by Crippen LogP contribution is 2.33. The van der Waals surface area contributed by atoms with E-state index in [2.05, 4.69) is 41.3 Å². The van der Waals surface area contributed by atoms with Crippen LogP contribution in [0, 0.1) is 13.8 Å². The van der Waals surface area contributed by atoms with E-state index in [9.17, 15) is 4.39 Å². The third-order valence-electron chi connectivity index (χ3n) is 6.78. The highest BCUT2D eigenvalue weighted by Gasteiger charge is 2.28. The molecule has 7 nitrogen and oxygen atoms in total. The molecule has 5 rings (SSSR count). The summed E-state index contributed by atoms with van der Waals surface area (Å²) >= 11 is 0. The molecule has 3 aromatic rings. The molecule has 2 aliphatic heterocycles. The van der Waals surface area contributed by atoms with Crippen molar-refractivity contribution < 1.29 is 9.13 Å². The van der Waals surface area contributed by atoms with Gasteiger partial charge in [-0.25, -0.2) is 19.0 Å². The Hall–Kier alpha value is -2.58. The van der Waals surface area contributed by atoms with Gasteiger partial charge in [-0.3, -0.25) is 0 Å². The smallest absolute Gasteiger partial charge is 0.159 e. The molecule has 1 aromatic carbocycles. The Kier molecular flexibility index (Phi) is 5.82. The van der Waals surface area contributed by atoms with E-state index in [-0.39, 0.29) is 5.92 Å². The summed E-state index contributed by atoms with van der Waals surface area (Å²) in [4.78, 5) is 11.7. The number of piperidine rings is 1. The van der Waals surface area contributed by atoms with Gasteiger partial charge in [0.2, 0.25) is 0 Å². The quantitative estimate of drug-likeness (QED) is 0.673. The number of benzene rings is 1. The van der Waals surface area contributed by atoms with Crippen LogP contribution < -0.4 is 10.2 Å². The van der Waals surface area contributed by atoms with Crippen LogP contribution in [0.3, 0.4) is 0 Å². The number of aromatic nitrogens is 4. The van der Waals surface area contributed by atoms with Crippen LogP contribution in [-0.4, -0.2) is 64.8 Å². The van der Waals surface area contributed by atoms with Gasteiger partial charge in [0, 0.05) is 30.5 Å². The fourth-order valence-electron chi connectivity index (χ4n) is 5.04. The van der Waals surface area contributed by atoms with Crippen LogP contribution in [0.2, 0.25) is 0 Å². The Morgan fingerprint density at radius 1 is 1.19 bits per heavy atom. The summed E-state index contributed by atoms with van der Waals surface area (Å²) in [5, 5.41) is 8.84. The number of anilines is 1. The molecule has 0 aliphatic carbocycles. The van der Waals surface area contributed by atoms with Gasteiger partial charge < -0.3 is 15.0 Å². The minimum Gasteiger partial charge on any atom is -0.377 e. The van der Waals surface area contributed by atoms with Crippen molar-refractivity contribution in [3.05, 3.63) is 41.3 Å². The molecule has 3 unspecified atom stereocenters. The van der Waals surface area contributed by atoms with Crippen molar-refractivity contribution >= 4 is 16.7 Å². The summed E-state index contributed by atoms with van der Waals surface area (Å²) in [6.45, 7) is 9.62. The Morgan fingerprint density at radius 3 is 2.84 bits per heavy atom. The lowest BCUT2D eigenvalue weighted by Gasteiger charge is -2.36. The third kappa shape index (κ3) is 3.86. The number of aryl methyl sites for hydroxylation is 2. The lowest BCUT2D eigenvalue weighted by Crippen LogP contribution is -2.45. The Labute approximate surface area is 188 Å². The van der Waals surface area contributed by atoms with Crippen molar-refractivity contribution in [2.45, 2.75) is 51.7 Å². The highest BCUT2D eigenvalue weighted by atomic mass is 19.1. The average molecular weight is 439 g/mol. The predicted molar refractivity (Wildman–Crippen MR) is 124 cm³/mol. The van der Waals surface area contributed by atoms with Gasteiger partial charge in [-0.1, -0.05) is 6.92 Å². The first-order valence-corrected chi connectivity index (χ1v) is 11.6. The second-order valence-corrected chi connectivity index (χ2v) is 8.90. The first kappa shape index (κ1) is 21.3. The van der Waals surface area contributed by atoms with Crippen LogP contribution in [0.25, 0.3) is 16.7 Å². The standard InChI is InChI=1S/C24H31FN6O/c1-4-18-14-32-8-7-30(18)23-11-24(29-16(3)28-23)31-22-10-20(15(2)9-17(22)12-27-31)19-5-6-26-13-21(19)25/h9-12,18-19,21,26H,4-8,13-14H2,1-3H3. The number of nitrogens with zero attached hydrogens (tertiary/aromatic N) is 5. The van der Waals surface area contributed by atoms with Gasteiger partial charge in [0.25, 0.3) is 0 Å². The van der Waals surface area contributed by atoms with Crippen molar-refractivity contribution in [1.29, 1.82) is 0 Å². The lowest BCUT2D eigenvalue weighted by molar-refractivity contribution is 0.0925. The average Bonchev–Trinajstić information content (AvgIpc) is 3.21. The minimum atomic E-state index is -0.878. The van der Waals surface area contributed by atoms with E-state index >= 15 is 0 Å². The van der Waals surface area contributed by atoms with Gasteiger partial charge in [-0.05, 0) is 56.5 Å². The van der Waals surface area contributed by atoms with Gasteiger partial charge in [0.1, 0.15) is 17.8 Å². The Morgan fingerprint density at radius 2 is 2.03 bits per heavy atom. The lowest BCUT2D eigenvalue weighted by atomic mass is 9.85. The molecule has 170 valence electrons. The number of hydrogen-bond acceptors (Lipinski definition) is 6. The third-order valence-corrected chi connectivity index (χ3v) is 6.78. The predicted octanol–water partition coefficient (Wildman–Crippen LogP) is 3.46. The zero-order valence-electron chi connectivity index (χ0n) is 19.0. The minimum absolute atomic E-state index is 0.0923. The van der Waals surface area contributed by atoms with Gasteiger partial charge >= 0.3 is 0 Å². The van der Waals surface area contributed by atoms with Crippen LogP contribution in [0.4, 0.5) is 10.2 Å². The van der Waals surface area contributed by atoms with Crippen LogP contribution in [-0.2, 0) is 4.74 Å². The van der Waals surface area contributed by atoms with Crippen molar-refractivity contribution in [1.82, 2.24) is 25.1 Å². The van der Waals surface area contributed by atoms with Crippen molar-refractivity contribution in [3.8, 4) is 5.82 Å². The number of halogens is 1. The molecule has 8 heteroatoms. The molecule has 4 heterocycles. The van der Waals surface area contributed by atoms with E-state index in [0.717, 1.165) is 59.6 Å². The SMILES string of the molecule is CCC1COCCN1c1cc(-n2ncc3cc(C)c(C4CCNCC4F)cc32)nc(C)n1. The van der Waals surface area contributed by atoms with Crippen LogP contribution in [0.1, 0.15) is 42.6 Å². The second-order valence-electron chi connectivity index (χ2n) is 8.90. The summed E-state index contributed by atoms with van der Waals surface area (Å²) in [5.41, 5.74) is 3.14. The molecular weight excluding hydrogens is 407 g/mol. The molecule has 0 spiro atoms. The first-order valence-electron chi connectivity index (χ1n) is 11.6. The number of rotatable bonds is 4. The van der Waals surface area contributed by atoms with E-state index in [1.54, 1.807) is 0 Å². The van der Waals surface area contributed by atoms with Gasteiger partial charge in [0.15, 0.2) is 5.82 Å². The van der Waals surface area contributed by atoms with Crippen LogP contribution in [0.5, 0.6) is 0 Å². The maximum Gasteiger partial charge on any atom is 0.159 e. The molecule has 32 heavy (non-hydrogen) atoms. The van der Waals surface area contributed by atoms with Crippen molar-refractivity contribution in [2.75, 3.05) is 37.7 Å². The molecule has 2 aromatic heterocycles. The normalized spacial score (nSPS) is 24.2. The second kappa shape index (κ2) is 8.75. The van der Waals surface area contributed by atoms with Crippen molar-refractivity contribution in [3.63, 3.8) is 0 Å². The summed E-state index contributed by atoms with van der Waals surface area (Å²) in [5.74, 6) is 2.25. The van der Waals surface area contributed by atoms with Crippen LogP contribution in [0.15, 0.2) is 24.4 Å². The molecular formula is C24H31FN6O. The van der Waals surface area contributed by atoms with Gasteiger partial charge in [-0.2, -0.15) is 5.10 Å². The topological polar surface area (TPSA) is 68.1 Å². The summed E-state index contributed by atoms with van der Waals surface area (Å²) in [6.07, 6.45) is 2.78. The monoisotopic (exact) mass is 438 g/mol. The number of hydrogen-bond donors (Lipinski definition) is 1. The van der Waals surface area contributed by atoms with Crippen LogP contribution >= 0.6 is 0 Å². The van der Waals surface area contributed by atoms with E-state index in [1.807, 2.05) is 23.9 Å². The molecule has 2 saturated heterocycles. The number of morpholine rings is 1. The number of ether oxygens (including phenoxy) is 1. The van der Waals surface area contributed by atoms with Gasteiger partial charge in [0.05, 0.1) is 31.0 Å². The molecule has 2 aliphatic rings. The van der Waals surface area contributed by atoms with E-state index in [1.165, 1.54) is 0 Å². The highest BCUT2D eigenvalue weighted by molar-refractivity contribution is 5.82. The number of alkyl halides is 1. The zero-order valence-corrected chi connectivity index (χ0v) is 19.0. The maximum absolute atomic E-state index is 14.7. The van der Waals surface area contributed by atoms with E-state index in [4.69, 9.17) is 14.7 Å².